The summed E-state index contributed by atoms with van der Waals surface area (Å²) >= 11 is 0. The Hall–Kier alpha value is -2.38. The minimum Gasteiger partial charge on any atom is -0.369 e. The van der Waals surface area contributed by atoms with Crippen molar-refractivity contribution in [2.45, 2.75) is 32.6 Å². The molecule has 2 saturated heterocycles. The molecule has 0 atom stereocenters. The SMILES string of the molecule is CCCC(=O)N1CCN(c2cc(N3CCCC3)c(F)cc2[N+](=O)[O-])CC1. The third kappa shape index (κ3) is 3.73. The Morgan fingerprint density at radius 3 is 2.27 bits per heavy atom. The maximum atomic E-state index is 14.4. The summed E-state index contributed by atoms with van der Waals surface area (Å²) in [6, 6.07) is 2.65. The molecule has 26 heavy (non-hydrogen) atoms. The predicted octanol–water partition coefficient (Wildman–Crippen LogP) is 2.78. The molecule has 1 aromatic rings. The number of benzene rings is 1. The second-order valence-corrected chi connectivity index (χ2v) is 6.86. The van der Waals surface area contributed by atoms with E-state index in [4.69, 9.17) is 0 Å². The second-order valence-electron chi connectivity index (χ2n) is 6.86. The van der Waals surface area contributed by atoms with Crippen molar-refractivity contribution in [3.05, 3.63) is 28.1 Å². The number of nitrogens with zero attached hydrogens (tertiary/aromatic N) is 4. The maximum absolute atomic E-state index is 14.4. The van der Waals surface area contributed by atoms with E-state index in [1.165, 1.54) is 0 Å². The highest BCUT2D eigenvalue weighted by Gasteiger charge is 2.29. The molecule has 3 rings (SSSR count). The molecular weight excluding hydrogens is 339 g/mol. The van der Waals surface area contributed by atoms with Crippen LogP contribution in [0, 0.1) is 15.9 Å². The third-order valence-electron chi connectivity index (χ3n) is 5.12. The number of piperazine rings is 1. The number of carbonyl (C=O) groups excluding carboxylic acids is 1. The molecule has 7 nitrogen and oxygen atoms in total. The Balaban J connectivity index is 1.83. The number of halogens is 1. The molecule has 0 spiro atoms. The maximum Gasteiger partial charge on any atom is 0.295 e. The Morgan fingerprint density at radius 1 is 1.08 bits per heavy atom. The van der Waals surface area contributed by atoms with Crippen molar-refractivity contribution in [2.75, 3.05) is 49.1 Å². The fraction of sp³-hybridized carbons (Fsp3) is 0.611. The van der Waals surface area contributed by atoms with Gasteiger partial charge in [0.1, 0.15) is 5.69 Å². The third-order valence-corrected chi connectivity index (χ3v) is 5.12. The number of carbonyl (C=O) groups is 1. The zero-order chi connectivity index (χ0) is 18.7. The molecule has 1 amide bonds. The Morgan fingerprint density at radius 2 is 1.69 bits per heavy atom. The summed E-state index contributed by atoms with van der Waals surface area (Å²) in [6.45, 7) is 5.61. The fourth-order valence-corrected chi connectivity index (χ4v) is 3.71. The highest BCUT2D eigenvalue weighted by atomic mass is 19.1. The van der Waals surface area contributed by atoms with Crippen molar-refractivity contribution in [1.82, 2.24) is 4.90 Å². The number of nitro benzene ring substituents is 1. The number of nitro groups is 1. The van der Waals surface area contributed by atoms with Crippen molar-refractivity contribution in [3.63, 3.8) is 0 Å². The Bertz CT molecular complexity index is 683. The molecule has 0 radical (unpaired) electrons. The van der Waals surface area contributed by atoms with Crippen molar-refractivity contribution < 1.29 is 14.1 Å². The summed E-state index contributed by atoms with van der Waals surface area (Å²) in [4.78, 5) is 28.6. The fourth-order valence-electron chi connectivity index (χ4n) is 3.71. The van der Waals surface area contributed by atoms with E-state index in [2.05, 4.69) is 0 Å². The first-order valence-corrected chi connectivity index (χ1v) is 9.27. The molecule has 0 aliphatic carbocycles. The van der Waals surface area contributed by atoms with Gasteiger partial charge in [0.05, 0.1) is 16.7 Å². The molecule has 1 aromatic carbocycles. The molecule has 2 fully saturated rings. The van der Waals surface area contributed by atoms with Gasteiger partial charge in [-0.05, 0) is 25.3 Å². The zero-order valence-corrected chi connectivity index (χ0v) is 15.1. The minimum absolute atomic E-state index is 0.124. The second kappa shape index (κ2) is 7.88. The number of hydrogen-bond acceptors (Lipinski definition) is 5. The molecule has 2 aliphatic rings. The van der Waals surface area contributed by atoms with Crippen molar-refractivity contribution in [1.29, 1.82) is 0 Å². The van der Waals surface area contributed by atoms with Crippen LogP contribution in [0.5, 0.6) is 0 Å². The van der Waals surface area contributed by atoms with Crippen LogP contribution in [0.3, 0.4) is 0 Å². The number of anilines is 2. The van der Waals surface area contributed by atoms with Gasteiger partial charge in [0.15, 0.2) is 5.82 Å². The lowest BCUT2D eigenvalue weighted by Gasteiger charge is -2.36. The van der Waals surface area contributed by atoms with Crippen LogP contribution in [-0.4, -0.2) is 55.0 Å². The van der Waals surface area contributed by atoms with Crippen LogP contribution in [-0.2, 0) is 4.79 Å². The number of amides is 1. The molecule has 0 aromatic heterocycles. The van der Waals surface area contributed by atoms with Gasteiger partial charge in [0.2, 0.25) is 5.91 Å². The molecule has 142 valence electrons. The first-order valence-electron chi connectivity index (χ1n) is 9.27. The monoisotopic (exact) mass is 364 g/mol. The van der Waals surface area contributed by atoms with Gasteiger partial charge in [-0.3, -0.25) is 14.9 Å². The van der Waals surface area contributed by atoms with E-state index in [1.807, 2.05) is 16.7 Å². The molecule has 2 aliphatic heterocycles. The van der Waals surface area contributed by atoms with Gasteiger partial charge in [0, 0.05) is 45.7 Å². The summed E-state index contributed by atoms with van der Waals surface area (Å²) < 4.78 is 14.4. The lowest BCUT2D eigenvalue weighted by molar-refractivity contribution is -0.384. The topological polar surface area (TPSA) is 69.9 Å². The highest BCUT2D eigenvalue weighted by Crippen LogP contribution is 2.36. The molecule has 8 heteroatoms. The van der Waals surface area contributed by atoms with Gasteiger partial charge in [-0.2, -0.15) is 0 Å². The van der Waals surface area contributed by atoms with Crippen LogP contribution in [0.2, 0.25) is 0 Å². The van der Waals surface area contributed by atoms with Crippen LogP contribution < -0.4 is 9.80 Å². The van der Waals surface area contributed by atoms with E-state index >= 15 is 0 Å². The average molecular weight is 364 g/mol. The van der Waals surface area contributed by atoms with Gasteiger partial charge >= 0.3 is 0 Å². The largest absolute Gasteiger partial charge is 0.369 e. The van der Waals surface area contributed by atoms with E-state index in [0.29, 0.717) is 44.0 Å². The summed E-state index contributed by atoms with van der Waals surface area (Å²) in [6.07, 6.45) is 3.34. The van der Waals surface area contributed by atoms with E-state index in [1.54, 1.807) is 11.0 Å². The van der Waals surface area contributed by atoms with Crippen molar-refractivity contribution in [2.24, 2.45) is 0 Å². The van der Waals surface area contributed by atoms with Gasteiger partial charge in [-0.1, -0.05) is 6.92 Å². The van der Waals surface area contributed by atoms with Gasteiger partial charge in [-0.25, -0.2) is 4.39 Å². The molecule has 0 N–H and O–H groups in total. The summed E-state index contributed by atoms with van der Waals surface area (Å²) in [5.41, 5.74) is 0.673. The summed E-state index contributed by atoms with van der Waals surface area (Å²) in [7, 11) is 0. The van der Waals surface area contributed by atoms with Gasteiger partial charge in [-0.15, -0.1) is 0 Å². The average Bonchev–Trinajstić information content (AvgIpc) is 3.16. The lowest BCUT2D eigenvalue weighted by atomic mass is 10.1. The lowest BCUT2D eigenvalue weighted by Crippen LogP contribution is -2.48. The molecule has 0 saturated carbocycles. The Labute approximate surface area is 152 Å². The Kier molecular flexibility index (Phi) is 5.58. The molecule has 0 unspecified atom stereocenters. The zero-order valence-electron chi connectivity index (χ0n) is 15.1. The smallest absolute Gasteiger partial charge is 0.295 e. The molecular formula is C18H25FN4O3. The minimum atomic E-state index is -0.542. The van der Waals surface area contributed by atoms with E-state index in [9.17, 15) is 19.3 Å². The van der Waals surface area contributed by atoms with Crippen LogP contribution in [0.25, 0.3) is 0 Å². The normalized spacial score (nSPS) is 17.7. The van der Waals surface area contributed by atoms with E-state index < -0.39 is 10.7 Å². The van der Waals surface area contributed by atoms with Crippen LogP contribution in [0.4, 0.5) is 21.5 Å². The summed E-state index contributed by atoms with van der Waals surface area (Å²) in [5.74, 6) is -0.419. The van der Waals surface area contributed by atoms with E-state index in [0.717, 1.165) is 38.4 Å². The number of rotatable bonds is 5. The van der Waals surface area contributed by atoms with Crippen LogP contribution in [0.15, 0.2) is 12.1 Å². The van der Waals surface area contributed by atoms with E-state index in [-0.39, 0.29) is 11.6 Å². The first-order chi connectivity index (χ1) is 12.5. The van der Waals surface area contributed by atoms with Gasteiger partial charge < -0.3 is 14.7 Å². The quantitative estimate of drug-likeness (QED) is 0.594. The van der Waals surface area contributed by atoms with Crippen molar-refractivity contribution in [3.8, 4) is 0 Å². The first kappa shape index (κ1) is 18.4. The molecule has 2 heterocycles. The highest BCUT2D eigenvalue weighted by molar-refractivity contribution is 5.77. The van der Waals surface area contributed by atoms with Crippen LogP contribution >= 0.6 is 0 Å². The standard InChI is InChI=1S/C18H25FN4O3/c1-2-5-18(24)22-10-8-21(9-11-22)16-13-15(20-6-3-4-7-20)14(19)12-17(16)23(25)26/h12-13H,2-11H2,1H3. The predicted molar refractivity (Wildman–Crippen MR) is 98.2 cm³/mol. The van der Waals surface area contributed by atoms with Gasteiger partial charge in [0.25, 0.3) is 5.69 Å². The molecule has 0 bridgehead atoms. The van der Waals surface area contributed by atoms with Crippen LogP contribution in [0.1, 0.15) is 32.6 Å². The summed E-state index contributed by atoms with van der Waals surface area (Å²) in [5, 5.41) is 11.4. The number of hydrogen-bond donors (Lipinski definition) is 0. The van der Waals surface area contributed by atoms with Crippen molar-refractivity contribution >= 4 is 23.0 Å².